The van der Waals surface area contributed by atoms with Gasteiger partial charge >= 0.3 is 0 Å². The highest BCUT2D eigenvalue weighted by Gasteiger charge is 2.24. The second-order valence-corrected chi connectivity index (χ2v) is 6.49. The SMILES string of the molecule is CCCCCCCCCCCC1=CC(=O)c2ccccc2[NH+]1[O-]. The van der Waals surface area contributed by atoms with Crippen molar-refractivity contribution in [2.45, 2.75) is 71.1 Å². The van der Waals surface area contributed by atoms with Gasteiger partial charge in [0.1, 0.15) is 11.4 Å². The number of carbonyl (C=O) groups is 1. The molecule has 0 fully saturated rings. The molecule has 0 amide bonds. The Morgan fingerprint density at radius 3 is 2.22 bits per heavy atom. The Kier molecular flexibility index (Phi) is 7.50. The standard InChI is InChI=1S/C20H29NO2/c1-2-3-4-5-6-7-8-9-10-13-17-16-20(22)18-14-11-12-15-19(18)21(17)23/h11-12,14-16,21H,2-10,13H2,1H3. The Labute approximate surface area is 140 Å². The van der Waals surface area contributed by atoms with Gasteiger partial charge in [0.25, 0.3) is 0 Å². The maximum absolute atomic E-state index is 12.4. The number of hydrogen-bond acceptors (Lipinski definition) is 2. The van der Waals surface area contributed by atoms with Gasteiger partial charge in [-0.2, -0.15) is 0 Å². The summed E-state index contributed by atoms with van der Waals surface area (Å²) >= 11 is 0. The number of nitrogens with one attached hydrogen (secondary N) is 1. The minimum Gasteiger partial charge on any atom is -0.624 e. The van der Waals surface area contributed by atoms with Crippen LogP contribution in [0.4, 0.5) is 5.69 Å². The van der Waals surface area contributed by atoms with E-state index in [9.17, 15) is 10.0 Å². The topological polar surface area (TPSA) is 44.6 Å². The maximum Gasteiger partial charge on any atom is 0.197 e. The molecule has 0 bridgehead atoms. The van der Waals surface area contributed by atoms with Crippen LogP contribution in [0.3, 0.4) is 0 Å². The number of allylic oxidation sites excluding steroid dienone is 2. The van der Waals surface area contributed by atoms with Crippen LogP contribution in [0.5, 0.6) is 0 Å². The van der Waals surface area contributed by atoms with Gasteiger partial charge in [-0.15, -0.1) is 0 Å². The summed E-state index contributed by atoms with van der Waals surface area (Å²) in [5, 5.41) is 12.4. The van der Waals surface area contributed by atoms with E-state index in [1.807, 2.05) is 12.1 Å². The van der Waals surface area contributed by atoms with E-state index in [-0.39, 0.29) is 10.8 Å². The highest BCUT2D eigenvalue weighted by Crippen LogP contribution is 2.19. The third-order valence-electron chi connectivity index (χ3n) is 4.58. The van der Waals surface area contributed by atoms with Gasteiger partial charge in [0.05, 0.1) is 5.56 Å². The first kappa shape index (κ1) is 17.9. The lowest BCUT2D eigenvalue weighted by atomic mass is 10.00. The summed E-state index contributed by atoms with van der Waals surface area (Å²) < 4.78 is 0. The molecule has 1 unspecified atom stereocenters. The number of fused-ring (bicyclic) bond motifs is 1. The Hall–Kier alpha value is -1.45. The fourth-order valence-corrected chi connectivity index (χ4v) is 3.18. The molecule has 1 atom stereocenters. The molecule has 0 aliphatic carbocycles. The van der Waals surface area contributed by atoms with Gasteiger partial charge in [0.2, 0.25) is 0 Å². The number of rotatable bonds is 10. The smallest absolute Gasteiger partial charge is 0.197 e. The molecule has 1 aromatic carbocycles. The summed E-state index contributed by atoms with van der Waals surface area (Å²) in [5.74, 6) is -0.0221. The van der Waals surface area contributed by atoms with Crippen LogP contribution >= 0.6 is 0 Å². The summed E-state index contributed by atoms with van der Waals surface area (Å²) in [5.41, 5.74) is 1.82. The molecule has 1 aliphatic heterocycles. The molecule has 0 spiro atoms. The molecule has 0 saturated heterocycles. The van der Waals surface area contributed by atoms with Crippen molar-refractivity contribution in [2.75, 3.05) is 0 Å². The van der Waals surface area contributed by atoms with Gasteiger partial charge in [0.15, 0.2) is 5.78 Å². The average molecular weight is 315 g/mol. The Balaban J connectivity index is 1.68. The molecular formula is C20H29NO2. The number of ketones is 1. The van der Waals surface area contributed by atoms with Crippen molar-refractivity contribution >= 4 is 11.5 Å². The van der Waals surface area contributed by atoms with E-state index in [0.717, 1.165) is 19.3 Å². The second-order valence-electron chi connectivity index (χ2n) is 6.49. The van der Waals surface area contributed by atoms with E-state index in [2.05, 4.69) is 6.92 Å². The minimum atomic E-state index is -0.0221. The normalized spacial score (nSPS) is 17.0. The number of quaternary nitrogens is 1. The largest absolute Gasteiger partial charge is 0.624 e. The lowest BCUT2D eigenvalue weighted by Crippen LogP contribution is -3.01. The predicted molar refractivity (Wildman–Crippen MR) is 94.7 cm³/mol. The van der Waals surface area contributed by atoms with Crippen molar-refractivity contribution in [1.29, 1.82) is 0 Å². The zero-order chi connectivity index (χ0) is 16.5. The molecule has 1 aliphatic rings. The molecule has 1 heterocycles. The van der Waals surface area contributed by atoms with Crippen molar-refractivity contribution in [3.63, 3.8) is 0 Å². The van der Waals surface area contributed by atoms with Crippen molar-refractivity contribution in [2.24, 2.45) is 0 Å². The first-order chi connectivity index (χ1) is 11.2. The number of hydroxylamine groups is 1. The molecular weight excluding hydrogens is 286 g/mol. The van der Waals surface area contributed by atoms with Gasteiger partial charge in [-0.25, -0.2) is 0 Å². The highest BCUT2D eigenvalue weighted by atomic mass is 16.5. The predicted octanol–water partition coefficient (Wildman–Crippen LogP) is 4.70. The number of carbonyl (C=O) groups excluding carboxylic acids is 1. The van der Waals surface area contributed by atoms with Crippen LogP contribution in [0.2, 0.25) is 0 Å². The van der Waals surface area contributed by atoms with Gasteiger partial charge in [-0.05, 0) is 12.5 Å². The molecule has 1 N–H and O–H groups in total. The van der Waals surface area contributed by atoms with Crippen LogP contribution in [0.1, 0.15) is 81.5 Å². The molecule has 23 heavy (non-hydrogen) atoms. The number of unbranched alkanes of at least 4 members (excludes halogenated alkanes) is 8. The summed E-state index contributed by atoms with van der Waals surface area (Å²) in [4.78, 5) is 12.1. The monoisotopic (exact) mass is 315 g/mol. The molecule has 0 radical (unpaired) electrons. The Morgan fingerprint density at radius 1 is 0.913 bits per heavy atom. The molecule has 0 aromatic heterocycles. The van der Waals surface area contributed by atoms with Crippen LogP contribution in [0.15, 0.2) is 36.0 Å². The Bertz CT molecular complexity index is 536. The minimum absolute atomic E-state index is 0.0221. The summed E-state index contributed by atoms with van der Waals surface area (Å²) in [6.45, 7) is 2.24. The van der Waals surface area contributed by atoms with E-state index in [1.54, 1.807) is 18.2 Å². The second kappa shape index (κ2) is 9.64. The van der Waals surface area contributed by atoms with Crippen LogP contribution in [0.25, 0.3) is 0 Å². The molecule has 3 heteroatoms. The van der Waals surface area contributed by atoms with Crippen LogP contribution in [0, 0.1) is 5.21 Å². The van der Waals surface area contributed by atoms with Gasteiger partial charge < -0.3 is 10.3 Å². The molecule has 2 rings (SSSR count). The zero-order valence-corrected chi connectivity index (χ0v) is 14.3. The van der Waals surface area contributed by atoms with E-state index >= 15 is 0 Å². The Morgan fingerprint density at radius 2 is 1.52 bits per heavy atom. The van der Waals surface area contributed by atoms with E-state index in [0.29, 0.717) is 16.9 Å². The van der Waals surface area contributed by atoms with Crippen molar-refractivity contribution in [3.8, 4) is 0 Å². The van der Waals surface area contributed by atoms with Crippen LogP contribution in [-0.4, -0.2) is 5.78 Å². The van der Waals surface area contributed by atoms with Crippen molar-refractivity contribution in [3.05, 3.63) is 46.8 Å². The number of benzene rings is 1. The quantitative estimate of drug-likeness (QED) is 0.502. The van der Waals surface area contributed by atoms with Gasteiger partial charge in [-0.1, -0.05) is 70.4 Å². The third-order valence-corrected chi connectivity index (χ3v) is 4.58. The molecule has 126 valence electrons. The lowest BCUT2D eigenvalue weighted by molar-refractivity contribution is -0.733. The number of hydrogen-bond donors (Lipinski definition) is 1. The number of para-hydroxylation sites is 1. The van der Waals surface area contributed by atoms with E-state index in [4.69, 9.17) is 0 Å². The maximum atomic E-state index is 12.4. The fourth-order valence-electron chi connectivity index (χ4n) is 3.18. The molecule has 1 aromatic rings. The third kappa shape index (κ3) is 5.29. The molecule has 0 saturated carbocycles. The summed E-state index contributed by atoms with van der Waals surface area (Å²) in [6, 6.07) is 7.13. The van der Waals surface area contributed by atoms with Crippen molar-refractivity contribution < 1.29 is 9.86 Å². The highest BCUT2D eigenvalue weighted by molar-refractivity contribution is 6.08. The first-order valence-corrected chi connectivity index (χ1v) is 9.12. The van der Waals surface area contributed by atoms with Gasteiger partial charge in [-0.3, -0.25) is 4.79 Å². The average Bonchev–Trinajstić information content (AvgIpc) is 2.57. The van der Waals surface area contributed by atoms with Crippen LogP contribution < -0.4 is 5.06 Å². The zero-order valence-electron chi connectivity index (χ0n) is 14.3. The van der Waals surface area contributed by atoms with E-state index < -0.39 is 0 Å². The summed E-state index contributed by atoms with van der Waals surface area (Å²) in [7, 11) is 0. The molecule has 3 nitrogen and oxygen atoms in total. The van der Waals surface area contributed by atoms with Crippen LogP contribution in [-0.2, 0) is 0 Å². The first-order valence-electron chi connectivity index (χ1n) is 9.12. The lowest BCUT2D eigenvalue weighted by Gasteiger charge is -2.28. The fraction of sp³-hybridized carbons (Fsp3) is 0.550. The van der Waals surface area contributed by atoms with Gasteiger partial charge in [0, 0.05) is 18.6 Å². The van der Waals surface area contributed by atoms with E-state index in [1.165, 1.54) is 44.9 Å². The summed E-state index contributed by atoms with van der Waals surface area (Å²) in [6.07, 6.45) is 13.6. The van der Waals surface area contributed by atoms with Crippen molar-refractivity contribution in [1.82, 2.24) is 0 Å².